The molecule has 1 unspecified atom stereocenters. The summed E-state index contributed by atoms with van der Waals surface area (Å²) in [5.74, 6) is 3.57. The highest BCUT2D eigenvalue weighted by atomic mass is 15.3. The van der Waals surface area contributed by atoms with Crippen molar-refractivity contribution in [2.45, 2.75) is 27.2 Å². The summed E-state index contributed by atoms with van der Waals surface area (Å²) in [4.78, 5) is 20.8. The van der Waals surface area contributed by atoms with Crippen LogP contribution in [-0.2, 0) is 0 Å². The lowest BCUT2D eigenvalue weighted by atomic mass is 10.2. The quantitative estimate of drug-likeness (QED) is 0.498. The molecule has 4 aromatic heterocycles. The molecule has 1 fully saturated rings. The summed E-state index contributed by atoms with van der Waals surface area (Å²) in [6.45, 7) is 8.32. The number of aryl methyl sites for hydroxylation is 2. The van der Waals surface area contributed by atoms with E-state index in [-0.39, 0.29) is 0 Å². The molecule has 158 valence electrons. The highest BCUT2D eigenvalue weighted by molar-refractivity contribution is 5.66. The van der Waals surface area contributed by atoms with Crippen LogP contribution in [0.25, 0.3) is 5.65 Å². The van der Waals surface area contributed by atoms with Gasteiger partial charge in [0.15, 0.2) is 0 Å². The number of nitrogens with zero attached hydrogens (tertiary/aromatic N) is 6. The van der Waals surface area contributed by atoms with Crippen LogP contribution in [0.15, 0.2) is 48.9 Å². The highest BCUT2D eigenvalue weighted by Crippen LogP contribution is 2.27. The molecule has 4 aromatic rings. The van der Waals surface area contributed by atoms with Crippen LogP contribution in [0.5, 0.6) is 0 Å². The van der Waals surface area contributed by atoms with E-state index in [0.29, 0.717) is 11.9 Å². The Labute approximate surface area is 181 Å². The summed E-state index contributed by atoms with van der Waals surface area (Å²) in [5.41, 5.74) is 3.91. The van der Waals surface area contributed by atoms with Crippen LogP contribution in [0.4, 0.5) is 29.1 Å². The van der Waals surface area contributed by atoms with Gasteiger partial charge in [-0.3, -0.25) is 0 Å². The summed E-state index contributed by atoms with van der Waals surface area (Å²) in [5, 5.41) is 6.71. The molecular formula is C23H26N8. The van der Waals surface area contributed by atoms with E-state index in [2.05, 4.69) is 39.3 Å². The van der Waals surface area contributed by atoms with Gasteiger partial charge in [0, 0.05) is 55.2 Å². The van der Waals surface area contributed by atoms with Gasteiger partial charge in [0.1, 0.15) is 23.1 Å². The van der Waals surface area contributed by atoms with Crippen molar-refractivity contribution < 1.29 is 0 Å². The van der Waals surface area contributed by atoms with Gasteiger partial charge in [-0.25, -0.2) is 9.97 Å². The number of imidazole rings is 1. The predicted molar refractivity (Wildman–Crippen MR) is 123 cm³/mol. The second-order valence-electron chi connectivity index (χ2n) is 8.30. The van der Waals surface area contributed by atoms with E-state index >= 15 is 0 Å². The summed E-state index contributed by atoms with van der Waals surface area (Å²) in [6.07, 6.45) is 6.86. The number of fused-ring (bicyclic) bond motifs is 1. The van der Waals surface area contributed by atoms with Crippen molar-refractivity contribution in [2.75, 3.05) is 28.6 Å². The number of rotatable bonds is 5. The number of aromatic nitrogens is 5. The first-order chi connectivity index (χ1) is 15.0. The van der Waals surface area contributed by atoms with Crippen molar-refractivity contribution in [3.05, 3.63) is 60.2 Å². The lowest BCUT2D eigenvalue weighted by molar-refractivity contribution is 0.659. The Bertz CT molecular complexity index is 1210. The predicted octanol–water partition coefficient (Wildman–Crippen LogP) is 4.47. The topological polar surface area (TPSA) is 83.3 Å². The van der Waals surface area contributed by atoms with Crippen LogP contribution in [-0.4, -0.2) is 37.4 Å². The fourth-order valence-electron chi connectivity index (χ4n) is 4.02. The van der Waals surface area contributed by atoms with Gasteiger partial charge in [-0.15, -0.1) is 0 Å². The third-order valence-corrected chi connectivity index (χ3v) is 5.47. The molecule has 1 aliphatic heterocycles. The van der Waals surface area contributed by atoms with Crippen LogP contribution in [0.3, 0.4) is 0 Å². The zero-order chi connectivity index (χ0) is 21.4. The maximum atomic E-state index is 4.80. The molecule has 2 N–H and O–H groups in total. The molecule has 0 bridgehead atoms. The second-order valence-corrected chi connectivity index (χ2v) is 8.30. The first kappa shape index (κ1) is 19.3. The van der Waals surface area contributed by atoms with Gasteiger partial charge < -0.3 is 19.9 Å². The van der Waals surface area contributed by atoms with Gasteiger partial charge in [0.05, 0.1) is 0 Å². The normalized spacial score (nSPS) is 16.1. The van der Waals surface area contributed by atoms with Gasteiger partial charge in [-0.1, -0.05) is 6.92 Å². The average Bonchev–Trinajstić information content (AvgIpc) is 3.35. The fraction of sp³-hybridized carbons (Fsp3) is 0.304. The minimum atomic E-state index is 0.527. The van der Waals surface area contributed by atoms with Crippen LogP contribution < -0.4 is 15.5 Å². The molecule has 0 aliphatic carbocycles. The van der Waals surface area contributed by atoms with E-state index < -0.39 is 0 Å². The van der Waals surface area contributed by atoms with Crippen molar-refractivity contribution in [1.29, 1.82) is 0 Å². The van der Waals surface area contributed by atoms with Crippen molar-refractivity contribution in [2.24, 2.45) is 5.92 Å². The Hall–Kier alpha value is -3.68. The molecule has 0 aromatic carbocycles. The van der Waals surface area contributed by atoms with Crippen molar-refractivity contribution in [3.63, 3.8) is 0 Å². The van der Waals surface area contributed by atoms with Crippen LogP contribution in [0.1, 0.15) is 24.6 Å². The second kappa shape index (κ2) is 7.86. The van der Waals surface area contributed by atoms with Gasteiger partial charge in [-0.05, 0) is 49.9 Å². The molecule has 0 saturated carbocycles. The fourth-order valence-corrected chi connectivity index (χ4v) is 4.02. The summed E-state index contributed by atoms with van der Waals surface area (Å²) in [7, 11) is 0. The number of nitrogens with one attached hydrogen (secondary N) is 2. The third-order valence-electron chi connectivity index (χ3n) is 5.47. The van der Waals surface area contributed by atoms with E-state index in [0.717, 1.165) is 53.1 Å². The van der Waals surface area contributed by atoms with Crippen molar-refractivity contribution in [3.8, 4) is 0 Å². The molecule has 0 spiro atoms. The summed E-state index contributed by atoms with van der Waals surface area (Å²) >= 11 is 0. The Morgan fingerprint density at radius 3 is 2.65 bits per heavy atom. The maximum absolute atomic E-state index is 4.80. The molecule has 5 rings (SSSR count). The zero-order valence-electron chi connectivity index (χ0n) is 18.0. The highest BCUT2D eigenvalue weighted by Gasteiger charge is 2.21. The largest absolute Gasteiger partial charge is 0.356 e. The first-order valence-electron chi connectivity index (χ1n) is 10.6. The minimum Gasteiger partial charge on any atom is -0.356 e. The molecule has 5 heterocycles. The van der Waals surface area contributed by atoms with Crippen LogP contribution in [0, 0.1) is 19.8 Å². The molecular weight excluding hydrogens is 388 g/mol. The lowest BCUT2D eigenvalue weighted by Crippen LogP contribution is -2.21. The van der Waals surface area contributed by atoms with E-state index in [1.54, 1.807) is 6.20 Å². The maximum Gasteiger partial charge on any atom is 0.232 e. The monoisotopic (exact) mass is 414 g/mol. The molecule has 1 atom stereocenters. The van der Waals surface area contributed by atoms with Gasteiger partial charge in [-0.2, -0.15) is 9.97 Å². The number of hydrogen-bond donors (Lipinski definition) is 2. The Balaban J connectivity index is 1.49. The molecule has 0 radical (unpaired) electrons. The van der Waals surface area contributed by atoms with Gasteiger partial charge >= 0.3 is 0 Å². The Kier molecular flexibility index (Phi) is 4.89. The average molecular weight is 415 g/mol. The zero-order valence-corrected chi connectivity index (χ0v) is 18.0. The molecule has 0 amide bonds. The number of pyridine rings is 2. The Morgan fingerprint density at radius 1 is 0.968 bits per heavy atom. The van der Waals surface area contributed by atoms with E-state index in [9.17, 15) is 0 Å². The lowest BCUT2D eigenvalue weighted by Gasteiger charge is -2.19. The van der Waals surface area contributed by atoms with Crippen molar-refractivity contribution in [1.82, 2.24) is 24.3 Å². The molecule has 31 heavy (non-hydrogen) atoms. The van der Waals surface area contributed by atoms with Gasteiger partial charge in [0.2, 0.25) is 5.95 Å². The summed E-state index contributed by atoms with van der Waals surface area (Å²) < 4.78 is 1.97. The standard InChI is InChI=1S/C23H26N8/c1-15-4-7-31(14-15)22-13-20(26-18-5-8-30-9-6-24-21(30)12-18)28-23(29-22)27-19-11-16(2)10-17(3)25-19/h5-6,8-13,15H,4,7,14H2,1-3H3,(H2,25,26,27,28,29). The third kappa shape index (κ3) is 4.28. The van der Waals surface area contributed by atoms with Crippen molar-refractivity contribution >= 4 is 34.7 Å². The van der Waals surface area contributed by atoms with Gasteiger partial charge in [0.25, 0.3) is 0 Å². The molecule has 1 aliphatic rings. The van der Waals surface area contributed by atoms with E-state index in [1.165, 1.54) is 6.42 Å². The molecule has 8 nitrogen and oxygen atoms in total. The molecule has 8 heteroatoms. The summed E-state index contributed by atoms with van der Waals surface area (Å²) in [6, 6.07) is 10.1. The molecule has 1 saturated heterocycles. The first-order valence-corrected chi connectivity index (χ1v) is 10.6. The Morgan fingerprint density at radius 2 is 1.84 bits per heavy atom. The number of hydrogen-bond acceptors (Lipinski definition) is 7. The van der Waals surface area contributed by atoms with E-state index in [1.807, 2.05) is 54.0 Å². The SMILES string of the molecule is Cc1cc(C)nc(Nc2nc(Nc3ccn4ccnc4c3)cc(N3CCC(C)C3)n2)c1. The smallest absolute Gasteiger partial charge is 0.232 e. The van der Waals surface area contributed by atoms with E-state index in [4.69, 9.17) is 9.97 Å². The minimum absolute atomic E-state index is 0.527. The van der Waals surface area contributed by atoms with Crippen LogP contribution in [0.2, 0.25) is 0 Å². The van der Waals surface area contributed by atoms with Crippen LogP contribution >= 0.6 is 0 Å². The number of anilines is 5.